The highest BCUT2D eigenvalue weighted by atomic mass is 32.2. The number of fused-ring (bicyclic) bond motifs is 2. The predicted molar refractivity (Wildman–Crippen MR) is 263 cm³/mol. The van der Waals surface area contributed by atoms with E-state index in [4.69, 9.17) is 4.98 Å². The molecular weight excluding hydrogens is 883 g/mol. The van der Waals surface area contributed by atoms with Crippen LogP contribution in [0.5, 0.6) is 0 Å². The second kappa shape index (κ2) is 19.5. The van der Waals surface area contributed by atoms with Gasteiger partial charge in [-0.25, -0.2) is 34.7 Å². The summed E-state index contributed by atoms with van der Waals surface area (Å²) < 4.78 is 59.8. The van der Waals surface area contributed by atoms with Crippen LogP contribution in [0, 0.1) is 0 Å². The minimum atomic E-state index is -3.81. The molecule has 0 atom stereocenters. The molecule has 6 aromatic heterocycles. The Bertz CT molecular complexity index is 3230. The number of carbonyl (C=O) groups is 1. The molecule has 2 aliphatic carbocycles. The first kappa shape index (κ1) is 47.3. The lowest BCUT2D eigenvalue weighted by molar-refractivity contribution is -0.120. The van der Waals surface area contributed by atoms with Crippen LogP contribution in [0.1, 0.15) is 95.6 Å². The predicted octanol–water partition coefficient (Wildman–Crippen LogP) is 9.58. The van der Waals surface area contributed by atoms with Crippen molar-refractivity contribution in [3.8, 4) is 22.3 Å². The van der Waals surface area contributed by atoms with Gasteiger partial charge in [-0.3, -0.25) is 14.2 Å². The van der Waals surface area contributed by atoms with Gasteiger partial charge in [0.05, 0.1) is 22.2 Å². The second-order valence-corrected chi connectivity index (χ2v) is 21.1. The number of aromatic nitrogens is 8. The number of hydrogen-bond acceptors (Lipinski definition) is 10. The molecule has 14 nitrogen and oxygen atoms in total. The average Bonchev–Trinajstić information content (AvgIpc) is 4.15. The molecule has 2 saturated carbocycles. The van der Waals surface area contributed by atoms with Gasteiger partial charge in [0.2, 0.25) is 0 Å². The highest BCUT2D eigenvalue weighted by Gasteiger charge is 2.29. The van der Waals surface area contributed by atoms with E-state index >= 15 is 0 Å². The smallest absolute Gasteiger partial charge is 0.269 e. The van der Waals surface area contributed by atoms with E-state index in [2.05, 4.69) is 40.0 Å². The number of aryl methyl sites for hydroxylation is 2. The zero-order valence-electron chi connectivity index (χ0n) is 37.7. The molecule has 10 rings (SSSR count). The van der Waals surface area contributed by atoms with Gasteiger partial charge in [0.15, 0.2) is 11.3 Å². The maximum absolute atomic E-state index is 13.5. The van der Waals surface area contributed by atoms with Crippen molar-refractivity contribution in [2.75, 3.05) is 13.1 Å². The van der Waals surface area contributed by atoms with Gasteiger partial charge < -0.3 is 4.90 Å². The third-order valence-corrected chi connectivity index (χ3v) is 16.7. The molecule has 0 spiro atoms. The van der Waals surface area contributed by atoms with Crippen LogP contribution in [0.3, 0.4) is 0 Å². The van der Waals surface area contributed by atoms with Crippen molar-refractivity contribution in [3.63, 3.8) is 0 Å². The summed E-state index contributed by atoms with van der Waals surface area (Å²) >= 11 is 0. The van der Waals surface area contributed by atoms with Crippen molar-refractivity contribution in [3.05, 3.63) is 133 Å². The summed E-state index contributed by atoms with van der Waals surface area (Å²) in [4.78, 5) is 24.0. The summed E-state index contributed by atoms with van der Waals surface area (Å²) in [5.41, 5.74) is 6.38. The average molecular weight is 942 g/mol. The highest BCUT2D eigenvalue weighted by molar-refractivity contribution is 7.90. The van der Waals surface area contributed by atoms with Crippen molar-refractivity contribution in [1.29, 1.82) is 0 Å². The van der Waals surface area contributed by atoms with E-state index in [-0.39, 0.29) is 23.1 Å². The van der Waals surface area contributed by atoms with Gasteiger partial charge in [-0.05, 0) is 111 Å². The number of Topliss-reactive ketones (excluding diaryl/α,β-unsaturated/α-hetero) is 1. The molecule has 0 aliphatic heterocycles. The molecule has 2 aliphatic rings. The monoisotopic (exact) mass is 941 g/mol. The summed E-state index contributed by atoms with van der Waals surface area (Å²) in [6, 6.07) is 21.7. The number of nitrogens with zero attached hydrogens (tertiary/aromatic N) is 9. The Morgan fingerprint density at radius 2 is 1.00 bits per heavy atom. The van der Waals surface area contributed by atoms with Gasteiger partial charge in [-0.15, -0.1) is 0 Å². The third-order valence-electron chi connectivity index (χ3n) is 13.4. The quantitative estimate of drug-likeness (QED) is 0.122. The number of ketones is 1. The van der Waals surface area contributed by atoms with Crippen LogP contribution in [0.25, 0.3) is 44.3 Å². The van der Waals surface area contributed by atoms with E-state index in [0.717, 1.165) is 77.4 Å². The number of benzene rings is 2. The van der Waals surface area contributed by atoms with E-state index in [9.17, 15) is 21.6 Å². The number of carbonyl (C=O) groups excluding carboxylic acids is 1. The Kier molecular flexibility index (Phi) is 13.8. The third kappa shape index (κ3) is 9.39. The van der Waals surface area contributed by atoms with Crippen LogP contribution in [0.4, 0.5) is 0 Å². The van der Waals surface area contributed by atoms with Crippen LogP contribution < -0.4 is 0 Å². The van der Waals surface area contributed by atoms with Gasteiger partial charge in [0, 0.05) is 103 Å². The minimum absolute atomic E-state index is 0. The van der Waals surface area contributed by atoms with Crippen molar-refractivity contribution in [2.24, 2.45) is 14.1 Å². The van der Waals surface area contributed by atoms with Gasteiger partial charge >= 0.3 is 0 Å². The van der Waals surface area contributed by atoms with E-state index in [1.165, 1.54) is 26.3 Å². The first-order valence-electron chi connectivity index (χ1n) is 22.7. The summed E-state index contributed by atoms with van der Waals surface area (Å²) in [6.07, 6.45) is 21.6. The molecule has 0 radical (unpaired) electrons. The lowest BCUT2D eigenvalue weighted by atomic mass is 9.81. The minimum Gasteiger partial charge on any atom is -0.301 e. The molecule has 67 heavy (non-hydrogen) atoms. The highest BCUT2D eigenvalue weighted by Crippen LogP contribution is 2.40. The Morgan fingerprint density at radius 1 is 0.582 bits per heavy atom. The molecule has 8 aromatic rings. The Morgan fingerprint density at radius 3 is 1.39 bits per heavy atom. The van der Waals surface area contributed by atoms with Crippen LogP contribution >= 0.6 is 0 Å². The SMILES string of the molecule is C.CCN(CC)C1CCC(c2cnc3c(c2)c(-c2cnn(C)c2)cn3S(=O)(=O)c2ccccc2)CC1.Cn1cc(-c2cn(S(=O)(=O)c3ccccc3)c3ncc(C4CCC(=O)CC4)cc23)cn1. The van der Waals surface area contributed by atoms with E-state index < -0.39 is 20.0 Å². The van der Waals surface area contributed by atoms with Crippen LogP contribution in [0.15, 0.2) is 132 Å². The van der Waals surface area contributed by atoms with E-state index in [1.54, 1.807) is 94.9 Å². The van der Waals surface area contributed by atoms with Gasteiger partial charge in [-0.2, -0.15) is 10.2 Å². The number of hydrogen-bond donors (Lipinski definition) is 0. The van der Waals surface area contributed by atoms with Crippen LogP contribution in [-0.4, -0.2) is 84.1 Å². The molecule has 0 N–H and O–H groups in total. The first-order valence-corrected chi connectivity index (χ1v) is 25.6. The second-order valence-electron chi connectivity index (χ2n) is 17.4. The maximum Gasteiger partial charge on any atom is 0.269 e. The Balaban J connectivity index is 0.000000180. The fourth-order valence-electron chi connectivity index (χ4n) is 9.78. The lowest BCUT2D eigenvalue weighted by Crippen LogP contribution is -2.37. The zero-order valence-corrected chi connectivity index (χ0v) is 39.4. The number of rotatable bonds is 11. The van der Waals surface area contributed by atoms with Crippen molar-refractivity contribution >= 4 is 47.9 Å². The van der Waals surface area contributed by atoms with Crippen LogP contribution in [0.2, 0.25) is 0 Å². The normalized spacial score (nSPS) is 17.1. The van der Waals surface area contributed by atoms with Gasteiger partial charge in [0.1, 0.15) is 5.78 Å². The molecule has 0 saturated heterocycles. The van der Waals surface area contributed by atoms with Gasteiger partial charge in [0.25, 0.3) is 20.0 Å². The van der Waals surface area contributed by atoms with Crippen molar-refractivity contribution < 1.29 is 21.6 Å². The molecule has 0 amide bonds. The lowest BCUT2D eigenvalue weighted by Gasteiger charge is -2.35. The Labute approximate surface area is 393 Å². The van der Waals surface area contributed by atoms with Crippen LogP contribution in [-0.2, 0) is 38.9 Å². The fraction of sp³-hybridized carbons (Fsp3) is 0.353. The Hall–Kier alpha value is -6.23. The maximum atomic E-state index is 13.5. The van der Waals surface area contributed by atoms with E-state index in [1.807, 2.05) is 44.8 Å². The molecule has 6 heterocycles. The first-order chi connectivity index (χ1) is 31.8. The molecule has 16 heteroatoms. The summed E-state index contributed by atoms with van der Waals surface area (Å²) in [5.74, 6) is 1.00. The largest absolute Gasteiger partial charge is 0.301 e. The zero-order chi connectivity index (χ0) is 46.2. The molecule has 0 unspecified atom stereocenters. The summed E-state index contributed by atoms with van der Waals surface area (Å²) in [7, 11) is -3.91. The summed E-state index contributed by atoms with van der Waals surface area (Å²) in [5, 5.41) is 10.2. The van der Waals surface area contributed by atoms with E-state index in [0.29, 0.717) is 41.9 Å². The number of pyridine rings is 2. The standard InChI is InChI=1S/C27H33N5O2S.C23H22N4O3S.CH4/c1-4-31(5-2)23-13-11-20(12-14-23)21-15-25-26(22-17-29-30(3)18-22)19-32(27(25)28-16-21)35(33,34)24-9-7-6-8-10-24;1-26-14-18(13-25-26)22-15-27(31(29,30)20-5-3-2-4-6-20)23-21(22)11-17(12-24-23)16-7-9-19(28)10-8-16;/h6-10,15-20,23H,4-5,11-14H2,1-3H3;2-6,11-16H,7-10H2,1H3;1H4. The molecule has 350 valence electrons. The summed E-state index contributed by atoms with van der Waals surface area (Å²) in [6.45, 7) is 6.66. The fourth-order valence-corrected chi connectivity index (χ4v) is 12.5. The molecule has 2 fully saturated rings. The molecular formula is C51H59N9O5S2. The molecule has 2 aromatic carbocycles. The van der Waals surface area contributed by atoms with Gasteiger partial charge in [-0.1, -0.05) is 57.7 Å². The van der Waals surface area contributed by atoms with Crippen molar-refractivity contribution in [1.82, 2.24) is 42.4 Å². The topological polar surface area (TPSA) is 160 Å². The van der Waals surface area contributed by atoms with Crippen molar-refractivity contribution in [2.45, 2.75) is 100 Å². The molecule has 0 bridgehead atoms.